The Kier molecular flexibility index (Phi) is 7.07. The summed E-state index contributed by atoms with van der Waals surface area (Å²) in [5.74, 6) is 1.14. The van der Waals surface area contributed by atoms with Crippen molar-refractivity contribution in [1.29, 1.82) is 0 Å². The first-order valence-electron chi connectivity index (χ1n) is 10.4. The molecule has 0 atom stereocenters. The van der Waals surface area contributed by atoms with Crippen LogP contribution in [0.1, 0.15) is 49.5 Å². The lowest BCUT2D eigenvalue weighted by molar-refractivity contribution is -0.113. The second-order valence-corrected chi connectivity index (χ2v) is 8.89. The summed E-state index contributed by atoms with van der Waals surface area (Å²) in [5, 5.41) is 13.2. The summed E-state index contributed by atoms with van der Waals surface area (Å²) in [6.45, 7) is 0. The minimum atomic E-state index is -0.101. The number of carbonyl (C=O) groups is 1. The number of benzene rings is 2. The van der Waals surface area contributed by atoms with E-state index in [1.807, 2.05) is 30.3 Å². The summed E-state index contributed by atoms with van der Waals surface area (Å²) in [7, 11) is 0. The average molecular weight is 441 g/mol. The van der Waals surface area contributed by atoms with Crippen LogP contribution in [-0.2, 0) is 11.2 Å². The molecule has 2 aromatic carbocycles. The molecule has 4 rings (SSSR count). The maximum atomic E-state index is 12.5. The Morgan fingerprint density at radius 3 is 2.53 bits per heavy atom. The monoisotopic (exact) mass is 440 g/mol. The number of thioether (sulfide) groups is 1. The van der Waals surface area contributed by atoms with Gasteiger partial charge >= 0.3 is 0 Å². The van der Waals surface area contributed by atoms with Crippen LogP contribution in [0.4, 0.5) is 5.69 Å². The van der Waals surface area contributed by atoms with Crippen LogP contribution in [0, 0.1) is 0 Å². The van der Waals surface area contributed by atoms with Gasteiger partial charge in [-0.15, -0.1) is 10.2 Å². The van der Waals surface area contributed by atoms with E-state index < -0.39 is 0 Å². The number of hydrogen-bond donors (Lipinski definition) is 1. The zero-order chi connectivity index (χ0) is 20.8. The van der Waals surface area contributed by atoms with Gasteiger partial charge in [-0.1, -0.05) is 85.1 Å². The molecule has 1 heterocycles. The highest BCUT2D eigenvalue weighted by Crippen LogP contribution is 2.33. The van der Waals surface area contributed by atoms with Gasteiger partial charge in [-0.2, -0.15) is 0 Å². The van der Waals surface area contributed by atoms with Crippen molar-refractivity contribution in [2.75, 3.05) is 11.1 Å². The SMILES string of the molecule is O=C(CSc1nnc(Cc2ccccc2)n1C1CCCCC1)Nc1ccccc1Cl. The zero-order valence-corrected chi connectivity index (χ0v) is 18.3. The Morgan fingerprint density at radius 1 is 1.03 bits per heavy atom. The number of anilines is 1. The second-order valence-electron chi connectivity index (χ2n) is 7.54. The molecule has 0 unspecified atom stereocenters. The van der Waals surface area contributed by atoms with E-state index >= 15 is 0 Å². The maximum Gasteiger partial charge on any atom is 0.234 e. The first-order valence-corrected chi connectivity index (χ1v) is 11.7. The second kappa shape index (κ2) is 10.1. The number of halogens is 1. The minimum absolute atomic E-state index is 0.101. The van der Waals surface area contributed by atoms with Crippen molar-refractivity contribution < 1.29 is 4.79 Å². The molecule has 1 aliphatic rings. The fourth-order valence-corrected chi connectivity index (χ4v) is 4.90. The van der Waals surface area contributed by atoms with Crippen molar-refractivity contribution in [2.45, 2.75) is 49.7 Å². The number of rotatable bonds is 7. The van der Waals surface area contributed by atoms with Crippen LogP contribution >= 0.6 is 23.4 Å². The van der Waals surface area contributed by atoms with Gasteiger partial charge in [-0.3, -0.25) is 4.79 Å². The van der Waals surface area contributed by atoms with Crippen molar-refractivity contribution in [1.82, 2.24) is 14.8 Å². The van der Waals surface area contributed by atoms with Gasteiger partial charge in [0, 0.05) is 12.5 Å². The molecule has 0 spiro atoms. The van der Waals surface area contributed by atoms with E-state index in [1.54, 1.807) is 12.1 Å². The minimum Gasteiger partial charge on any atom is -0.324 e. The smallest absolute Gasteiger partial charge is 0.234 e. The van der Waals surface area contributed by atoms with Crippen molar-refractivity contribution in [3.63, 3.8) is 0 Å². The van der Waals surface area contributed by atoms with E-state index in [-0.39, 0.29) is 11.7 Å². The molecule has 3 aromatic rings. The Morgan fingerprint density at radius 2 is 1.77 bits per heavy atom. The van der Waals surface area contributed by atoms with Crippen molar-refractivity contribution in [2.24, 2.45) is 0 Å². The molecular weight excluding hydrogens is 416 g/mol. The number of carbonyl (C=O) groups excluding carboxylic acids is 1. The van der Waals surface area contributed by atoms with Crippen LogP contribution in [0.25, 0.3) is 0 Å². The highest BCUT2D eigenvalue weighted by atomic mass is 35.5. The number of hydrogen-bond acceptors (Lipinski definition) is 4. The molecule has 1 aliphatic carbocycles. The highest BCUT2D eigenvalue weighted by Gasteiger charge is 2.23. The highest BCUT2D eigenvalue weighted by molar-refractivity contribution is 7.99. The molecule has 0 bridgehead atoms. The Balaban J connectivity index is 1.49. The molecule has 1 amide bonds. The summed E-state index contributed by atoms with van der Waals surface area (Å²) in [6, 6.07) is 18.0. The van der Waals surface area contributed by atoms with Gasteiger partial charge in [0.05, 0.1) is 16.5 Å². The first kappa shape index (κ1) is 20.9. The molecule has 1 saturated carbocycles. The lowest BCUT2D eigenvalue weighted by Gasteiger charge is -2.25. The van der Waals surface area contributed by atoms with Gasteiger partial charge in [0.25, 0.3) is 0 Å². The fourth-order valence-electron chi connectivity index (χ4n) is 3.89. The Hall–Kier alpha value is -2.31. The molecule has 7 heteroatoms. The third kappa shape index (κ3) is 5.24. The Labute approximate surface area is 186 Å². The topological polar surface area (TPSA) is 59.8 Å². The maximum absolute atomic E-state index is 12.5. The summed E-state index contributed by atoms with van der Waals surface area (Å²) in [5.41, 5.74) is 1.85. The van der Waals surface area contributed by atoms with E-state index in [9.17, 15) is 4.79 Å². The lowest BCUT2D eigenvalue weighted by atomic mass is 9.95. The Bertz CT molecular complexity index is 986. The zero-order valence-electron chi connectivity index (χ0n) is 16.8. The van der Waals surface area contributed by atoms with E-state index in [0.29, 0.717) is 16.8 Å². The summed E-state index contributed by atoms with van der Waals surface area (Å²) >= 11 is 7.58. The first-order chi connectivity index (χ1) is 14.7. The molecule has 1 aromatic heterocycles. The van der Waals surface area contributed by atoms with Crippen molar-refractivity contribution in [3.05, 3.63) is 71.0 Å². The van der Waals surface area contributed by atoms with Gasteiger partial charge in [0.2, 0.25) is 5.91 Å². The van der Waals surface area contributed by atoms with Gasteiger partial charge in [-0.25, -0.2) is 0 Å². The molecular formula is C23H25ClN4OS. The number of para-hydroxylation sites is 1. The summed E-state index contributed by atoms with van der Waals surface area (Å²) in [6.07, 6.45) is 6.76. The predicted octanol–water partition coefficient (Wildman–Crippen LogP) is 5.76. The van der Waals surface area contributed by atoms with Crippen molar-refractivity contribution in [3.8, 4) is 0 Å². The predicted molar refractivity (Wildman–Crippen MR) is 122 cm³/mol. The molecule has 0 aliphatic heterocycles. The average Bonchev–Trinajstić information content (AvgIpc) is 3.17. The van der Waals surface area contributed by atoms with E-state index in [0.717, 1.165) is 30.2 Å². The summed E-state index contributed by atoms with van der Waals surface area (Å²) in [4.78, 5) is 12.5. The fraction of sp³-hybridized carbons (Fsp3) is 0.348. The van der Waals surface area contributed by atoms with E-state index in [4.69, 9.17) is 11.6 Å². The number of nitrogens with zero attached hydrogens (tertiary/aromatic N) is 3. The van der Waals surface area contributed by atoms with Crippen LogP contribution in [0.3, 0.4) is 0 Å². The van der Waals surface area contributed by atoms with Crippen LogP contribution in [0.5, 0.6) is 0 Å². The molecule has 1 fully saturated rings. The molecule has 156 valence electrons. The molecule has 5 nitrogen and oxygen atoms in total. The van der Waals surface area contributed by atoms with Crippen LogP contribution in [-0.4, -0.2) is 26.4 Å². The normalized spacial score (nSPS) is 14.6. The quantitative estimate of drug-likeness (QED) is 0.474. The summed E-state index contributed by atoms with van der Waals surface area (Å²) < 4.78 is 2.28. The number of nitrogens with one attached hydrogen (secondary N) is 1. The van der Waals surface area contributed by atoms with E-state index in [2.05, 4.69) is 32.2 Å². The third-order valence-electron chi connectivity index (χ3n) is 5.36. The standard InChI is InChI=1S/C23H25ClN4OS/c24-19-13-7-8-14-20(19)25-22(29)16-30-23-27-26-21(15-17-9-3-1-4-10-17)28(23)18-11-5-2-6-12-18/h1,3-4,7-10,13-14,18H,2,5-6,11-12,15-16H2,(H,25,29). The molecule has 1 N–H and O–H groups in total. The van der Waals surface area contributed by atoms with Crippen LogP contribution in [0.15, 0.2) is 59.8 Å². The van der Waals surface area contributed by atoms with Crippen molar-refractivity contribution >= 4 is 35.0 Å². The van der Waals surface area contributed by atoms with Gasteiger partial charge < -0.3 is 9.88 Å². The van der Waals surface area contributed by atoms with Gasteiger partial charge in [-0.05, 0) is 30.5 Å². The largest absolute Gasteiger partial charge is 0.324 e. The molecule has 0 saturated heterocycles. The van der Waals surface area contributed by atoms with Gasteiger partial charge in [0.15, 0.2) is 5.16 Å². The molecule has 30 heavy (non-hydrogen) atoms. The number of amides is 1. The van der Waals surface area contributed by atoms with Crippen LogP contribution < -0.4 is 5.32 Å². The van der Waals surface area contributed by atoms with E-state index in [1.165, 1.54) is 36.6 Å². The number of aromatic nitrogens is 3. The lowest BCUT2D eigenvalue weighted by Crippen LogP contribution is -2.18. The third-order valence-corrected chi connectivity index (χ3v) is 6.63. The van der Waals surface area contributed by atoms with Crippen LogP contribution in [0.2, 0.25) is 5.02 Å². The van der Waals surface area contributed by atoms with Gasteiger partial charge in [0.1, 0.15) is 5.82 Å². The molecule has 0 radical (unpaired) electrons.